The van der Waals surface area contributed by atoms with Crippen molar-refractivity contribution in [1.82, 2.24) is 0 Å². The Balaban J connectivity index is 2.15. The zero-order valence-corrected chi connectivity index (χ0v) is 14.2. The molecule has 3 N–H and O–H groups in total. The van der Waals surface area contributed by atoms with E-state index >= 15 is 0 Å². The topological polar surface area (TPSA) is 73.6 Å². The maximum Gasteiger partial charge on any atom is 0.412 e. The summed E-state index contributed by atoms with van der Waals surface area (Å²) in [6, 6.07) is 5.90. The first-order valence-corrected chi connectivity index (χ1v) is 7.50. The largest absolute Gasteiger partial charge is 0.495 e. The fraction of sp³-hybridized carbons (Fsp3) is 0.588. The maximum absolute atomic E-state index is 11.9. The summed E-state index contributed by atoms with van der Waals surface area (Å²) < 4.78 is 10.6. The standard InChI is InChI=1S/C17H26N2O3/c1-16(2,3)22-15(20)19-11-8-7-10(9-12(11)21-6)13-14(18)17(13,4)5/h7-9,13-14H,18H2,1-6H3,(H,19,20)/t13-,14-/m1/s1. The van der Waals surface area contributed by atoms with Crippen LogP contribution < -0.4 is 15.8 Å². The van der Waals surface area contributed by atoms with Gasteiger partial charge < -0.3 is 15.2 Å². The Hall–Kier alpha value is -1.75. The van der Waals surface area contributed by atoms with Gasteiger partial charge in [-0.05, 0) is 43.9 Å². The van der Waals surface area contributed by atoms with Gasteiger partial charge in [0.15, 0.2) is 0 Å². The Labute approximate surface area is 132 Å². The van der Waals surface area contributed by atoms with Crippen LogP contribution in [0.15, 0.2) is 18.2 Å². The van der Waals surface area contributed by atoms with Crippen molar-refractivity contribution >= 4 is 11.8 Å². The molecule has 2 atom stereocenters. The summed E-state index contributed by atoms with van der Waals surface area (Å²) in [6.45, 7) is 9.78. The third-order valence-electron chi connectivity index (χ3n) is 4.13. The molecule has 2 rings (SSSR count). The van der Waals surface area contributed by atoms with E-state index in [9.17, 15) is 4.79 Å². The number of nitrogens with one attached hydrogen (secondary N) is 1. The van der Waals surface area contributed by atoms with Crippen molar-refractivity contribution < 1.29 is 14.3 Å². The van der Waals surface area contributed by atoms with Crippen molar-refractivity contribution in [3.05, 3.63) is 23.8 Å². The number of hydrogen-bond acceptors (Lipinski definition) is 4. The molecule has 5 heteroatoms. The van der Waals surface area contributed by atoms with Crippen LogP contribution in [0.5, 0.6) is 5.75 Å². The van der Waals surface area contributed by atoms with Gasteiger partial charge in [0.25, 0.3) is 0 Å². The van der Waals surface area contributed by atoms with Gasteiger partial charge in [-0.2, -0.15) is 0 Å². The predicted octanol–water partition coefficient (Wildman–Crippen LogP) is 3.49. The van der Waals surface area contributed by atoms with Gasteiger partial charge in [-0.15, -0.1) is 0 Å². The normalized spacial score (nSPS) is 22.9. The summed E-state index contributed by atoms with van der Waals surface area (Å²) in [5, 5.41) is 2.72. The molecule has 1 saturated carbocycles. The molecule has 1 aromatic carbocycles. The Bertz CT molecular complexity index is 576. The lowest BCUT2D eigenvalue weighted by atomic mass is 10.0. The first kappa shape index (κ1) is 16.6. The summed E-state index contributed by atoms with van der Waals surface area (Å²) in [5.41, 5.74) is 7.41. The van der Waals surface area contributed by atoms with Gasteiger partial charge in [0.2, 0.25) is 0 Å². The molecule has 1 aromatic rings. The fourth-order valence-corrected chi connectivity index (χ4v) is 2.73. The lowest BCUT2D eigenvalue weighted by molar-refractivity contribution is 0.0635. The molecule has 1 aliphatic rings. The van der Waals surface area contributed by atoms with Crippen molar-refractivity contribution in [2.45, 2.75) is 52.2 Å². The highest BCUT2D eigenvalue weighted by Gasteiger charge is 2.56. The Kier molecular flexibility index (Phi) is 4.13. The molecular formula is C17H26N2O3. The molecular weight excluding hydrogens is 280 g/mol. The van der Waals surface area contributed by atoms with Gasteiger partial charge in [0.1, 0.15) is 11.4 Å². The van der Waals surface area contributed by atoms with E-state index in [2.05, 4.69) is 19.2 Å². The summed E-state index contributed by atoms with van der Waals surface area (Å²) in [7, 11) is 1.58. The number of carbonyl (C=O) groups excluding carboxylic acids is 1. The molecule has 0 aliphatic heterocycles. The molecule has 0 spiro atoms. The molecule has 1 aliphatic carbocycles. The van der Waals surface area contributed by atoms with E-state index in [1.165, 1.54) is 0 Å². The number of hydrogen-bond donors (Lipinski definition) is 2. The molecule has 22 heavy (non-hydrogen) atoms. The van der Waals surface area contributed by atoms with Gasteiger partial charge in [0, 0.05) is 12.0 Å². The van der Waals surface area contributed by atoms with Crippen LogP contribution in [0.25, 0.3) is 0 Å². The van der Waals surface area contributed by atoms with Crippen molar-refractivity contribution in [3.8, 4) is 5.75 Å². The van der Waals surface area contributed by atoms with Crippen LogP contribution in [0.2, 0.25) is 0 Å². The van der Waals surface area contributed by atoms with E-state index in [4.69, 9.17) is 15.2 Å². The number of anilines is 1. The number of rotatable bonds is 3. The van der Waals surface area contributed by atoms with Gasteiger partial charge in [0.05, 0.1) is 12.8 Å². The van der Waals surface area contributed by atoms with Gasteiger partial charge in [-0.25, -0.2) is 4.79 Å². The molecule has 122 valence electrons. The summed E-state index contributed by atoms with van der Waals surface area (Å²) >= 11 is 0. The molecule has 0 saturated heterocycles. The Morgan fingerprint density at radius 1 is 1.32 bits per heavy atom. The number of carbonyl (C=O) groups is 1. The second-order valence-electron chi connectivity index (χ2n) is 7.41. The first-order chi connectivity index (χ1) is 10.1. The average molecular weight is 306 g/mol. The highest BCUT2D eigenvalue weighted by molar-refractivity contribution is 5.87. The fourth-order valence-electron chi connectivity index (χ4n) is 2.73. The van der Waals surface area contributed by atoms with Crippen molar-refractivity contribution in [2.24, 2.45) is 11.1 Å². The number of amides is 1. The van der Waals surface area contributed by atoms with Crippen LogP contribution in [0.1, 0.15) is 46.1 Å². The molecule has 5 nitrogen and oxygen atoms in total. The lowest BCUT2D eigenvalue weighted by Crippen LogP contribution is -2.27. The van der Waals surface area contributed by atoms with E-state index in [-0.39, 0.29) is 11.5 Å². The summed E-state index contributed by atoms with van der Waals surface area (Å²) in [4.78, 5) is 11.9. The highest BCUT2D eigenvalue weighted by Crippen LogP contribution is 2.57. The van der Waals surface area contributed by atoms with Gasteiger partial charge in [-0.1, -0.05) is 19.9 Å². The van der Waals surface area contributed by atoms with Gasteiger partial charge >= 0.3 is 6.09 Å². The minimum Gasteiger partial charge on any atom is -0.495 e. The second-order valence-corrected chi connectivity index (χ2v) is 7.41. The van der Waals surface area contributed by atoms with Crippen LogP contribution >= 0.6 is 0 Å². The van der Waals surface area contributed by atoms with Crippen molar-refractivity contribution in [2.75, 3.05) is 12.4 Å². The number of ether oxygens (including phenoxy) is 2. The smallest absolute Gasteiger partial charge is 0.412 e. The van der Waals surface area contributed by atoms with E-state index in [1.807, 2.05) is 39.0 Å². The van der Waals surface area contributed by atoms with Crippen LogP contribution in [-0.2, 0) is 4.74 Å². The zero-order valence-electron chi connectivity index (χ0n) is 14.2. The van der Waals surface area contributed by atoms with Crippen LogP contribution in [-0.4, -0.2) is 24.8 Å². The maximum atomic E-state index is 11.9. The Morgan fingerprint density at radius 3 is 2.36 bits per heavy atom. The molecule has 1 fully saturated rings. The first-order valence-electron chi connectivity index (χ1n) is 7.50. The predicted molar refractivity (Wildman–Crippen MR) is 87.3 cm³/mol. The SMILES string of the molecule is COc1cc([C@@H]2[C@@H](N)C2(C)C)ccc1NC(=O)OC(C)(C)C. The van der Waals surface area contributed by atoms with E-state index < -0.39 is 11.7 Å². The third kappa shape index (κ3) is 3.35. The van der Waals surface area contributed by atoms with Crippen molar-refractivity contribution in [3.63, 3.8) is 0 Å². The quantitative estimate of drug-likeness (QED) is 0.896. The van der Waals surface area contributed by atoms with E-state index in [0.29, 0.717) is 17.4 Å². The van der Waals surface area contributed by atoms with Crippen LogP contribution in [0.4, 0.5) is 10.5 Å². The molecule has 0 radical (unpaired) electrons. The average Bonchev–Trinajstić information content (AvgIpc) is 2.86. The second kappa shape index (κ2) is 5.47. The molecule has 0 aromatic heterocycles. The minimum atomic E-state index is -0.540. The third-order valence-corrected chi connectivity index (χ3v) is 4.13. The van der Waals surface area contributed by atoms with Crippen LogP contribution in [0.3, 0.4) is 0 Å². The molecule has 0 unspecified atom stereocenters. The molecule has 1 amide bonds. The Morgan fingerprint density at radius 2 is 1.91 bits per heavy atom. The highest BCUT2D eigenvalue weighted by atomic mass is 16.6. The van der Waals surface area contributed by atoms with Crippen molar-refractivity contribution in [1.29, 1.82) is 0 Å². The molecule has 0 bridgehead atoms. The minimum absolute atomic E-state index is 0.102. The number of nitrogens with two attached hydrogens (primary N) is 1. The lowest BCUT2D eigenvalue weighted by Gasteiger charge is -2.20. The van der Waals surface area contributed by atoms with Crippen LogP contribution in [0, 0.1) is 5.41 Å². The summed E-state index contributed by atoms with van der Waals surface area (Å²) in [6.07, 6.45) is -0.498. The zero-order chi connectivity index (χ0) is 16.7. The van der Waals surface area contributed by atoms with Gasteiger partial charge in [-0.3, -0.25) is 5.32 Å². The number of methoxy groups -OCH3 is 1. The number of benzene rings is 1. The monoisotopic (exact) mass is 306 g/mol. The molecule has 0 heterocycles. The van der Waals surface area contributed by atoms with E-state index in [0.717, 1.165) is 5.56 Å². The van der Waals surface area contributed by atoms with E-state index in [1.54, 1.807) is 7.11 Å². The summed E-state index contributed by atoms with van der Waals surface area (Å²) in [5.74, 6) is 0.926.